The lowest BCUT2D eigenvalue weighted by Crippen LogP contribution is -2.40. The minimum atomic E-state index is 0.361. The molecule has 1 N–H and O–H groups in total. The lowest BCUT2D eigenvalue weighted by molar-refractivity contribution is 0.0141. The Morgan fingerprint density at radius 2 is 1.69 bits per heavy atom. The van der Waals surface area contributed by atoms with Gasteiger partial charge in [0.1, 0.15) is 6.23 Å². The van der Waals surface area contributed by atoms with Crippen LogP contribution < -0.4 is 5.32 Å². The number of hydrogen-bond acceptors (Lipinski definition) is 2. The van der Waals surface area contributed by atoms with Crippen LogP contribution in [0.25, 0.3) is 0 Å². The Bertz CT molecular complexity index is 192. The molecule has 4 aliphatic rings. The maximum absolute atomic E-state index is 5.54. The van der Waals surface area contributed by atoms with E-state index in [0.29, 0.717) is 6.23 Å². The Hall–Kier alpha value is -0.0800. The van der Waals surface area contributed by atoms with Crippen molar-refractivity contribution in [2.45, 2.75) is 44.4 Å². The van der Waals surface area contributed by atoms with Gasteiger partial charge in [0.2, 0.25) is 0 Å². The SMILES string of the molecule is COC1NC2CC3CC(C2)CC1C3. The molecule has 2 nitrogen and oxygen atoms in total. The van der Waals surface area contributed by atoms with Crippen LogP contribution in [-0.2, 0) is 4.74 Å². The highest BCUT2D eigenvalue weighted by atomic mass is 16.5. The number of hydrogen-bond donors (Lipinski definition) is 1. The number of fused-ring (bicyclic) bond motifs is 1. The van der Waals surface area contributed by atoms with Crippen LogP contribution in [0.2, 0.25) is 0 Å². The van der Waals surface area contributed by atoms with Crippen molar-refractivity contribution < 1.29 is 4.74 Å². The molecule has 2 heterocycles. The zero-order valence-electron chi connectivity index (χ0n) is 8.33. The number of ether oxygens (including phenoxy) is 1. The van der Waals surface area contributed by atoms with E-state index in [-0.39, 0.29) is 0 Å². The first-order chi connectivity index (χ1) is 6.35. The summed E-state index contributed by atoms with van der Waals surface area (Å²) >= 11 is 0. The maximum Gasteiger partial charge on any atom is 0.110 e. The Kier molecular flexibility index (Phi) is 1.88. The second-order valence-electron chi connectivity index (χ2n) is 5.19. The molecule has 4 fully saturated rings. The van der Waals surface area contributed by atoms with Gasteiger partial charge in [0.15, 0.2) is 0 Å². The Balaban J connectivity index is 1.86. The van der Waals surface area contributed by atoms with Crippen molar-refractivity contribution in [1.29, 1.82) is 0 Å². The van der Waals surface area contributed by atoms with Crippen LogP contribution in [0, 0.1) is 17.8 Å². The van der Waals surface area contributed by atoms with Crippen LogP contribution in [0.3, 0.4) is 0 Å². The third-order valence-electron chi connectivity index (χ3n) is 4.26. The highest BCUT2D eigenvalue weighted by Crippen LogP contribution is 2.46. The third-order valence-corrected chi connectivity index (χ3v) is 4.26. The van der Waals surface area contributed by atoms with E-state index in [4.69, 9.17) is 4.74 Å². The molecule has 74 valence electrons. The zero-order valence-corrected chi connectivity index (χ0v) is 8.33. The molecule has 0 aromatic carbocycles. The normalized spacial score (nSPS) is 53.8. The molecule has 4 bridgehead atoms. The lowest BCUT2D eigenvalue weighted by atomic mass is 9.68. The third kappa shape index (κ3) is 1.31. The Morgan fingerprint density at radius 1 is 1.00 bits per heavy atom. The van der Waals surface area contributed by atoms with Crippen LogP contribution in [0.4, 0.5) is 0 Å². The van der Waals surface area contributed by atoms with Crippen molar-refractivity contribution in [2.24, 2.45) is 17.8 Å². The summed E-state index contributed by atoms with van der Waals surface area (Å²) in [5.41, 5.74) is 0. The van der Waals surface area contributed by atoms with Crippen LogP contribution in [0.5, 0.6) is 0 Å². The van der Waals surface area contributed by atoms with Crippen molar-refractivity contribution >= 4 is 0 Å². The standard InChI is InChI=1S/C11H19NO/c1-13-11-9-3-7-2-8(4-9)6-10(5-7)12-11/h7-12H,2-6H2,1H3. The zero-order chi connectivity index (χ0) is 8.84. The predicted molar refractivity (Wildman–Crippen MR) is 51.3 cm³/mol. The van der Waals surface area contributed by atoms with Crippen molar-refractivity contribution in [3.05, 3.63) is 0 Å². The van der Waals surface area contributed by atoms with Crippen LogP contribution in [-0.4, -0.2) is 19.4 Å². The molecule has 2 aliphatic carbocycles. The minimum Gasteiger partial charge on any atom is -0.366 e. The average Bonchev–Trinajstić information content (AvgIpc) is 2.29. The van der Waals surface area contributed by atoms with Crippen LogP contribution in [0.1, 0.15) is 32.1 Å². The molecule has 4 rings (SSSR count). The molecular formula is C11H19NO. The van der Waals surface area contributed by atoms with Gasteiger partial charge in [-0.3, -0.25) is 5.32 Å². The summed E-state index contributed by atoms with van der Waals surface area (Å²) in [5.74, 6) is 2.83. The van der Waals surface area contributed by atoms with Gasteiger partial charge in [0, 0.05) is 13.2 Å². The number of nitrogens with one attached hydrogen (secondary N) is 1. The molecule has 0 radical (unpaired) electrons. The number of rotatable bonds is 1. The molecule has 2 saturated carbocycles. The molecule has 2 aliphatic heterocycles. The average molecular weight is 181 g/mol. The van der Waals surface area contributed by atoms with E-state index < -0.39 is 0 Å². The molecule has 2 saturated heterocycles. The molecule has 0 aromatic heterocycles. The summed E-state index contributed by atoms with van der Waals surface area (Å²) in [6.07, 6.45) is 7.52. The molecule has 2 heteroatoms. The van der Waals surface area contributed by atoms with Crippen LogP contribution >= 0.6 is 0 Å². The van der Waals surface area contributed by atoms with Gasteiger partial charge in [-0.05, 0) is 49.9 Å². The monoisotopic (exact) mass is 181 g/mol. The fourth-order valence-electron chi connectivity index (χ4n) is 3.91. The van der Waals surface area contributed by atoms with Crippen molar-refractivity contribution in [1.82, 2.24) is 5.32 Å². The molecule has 13 heavy (non-hydrogen) atoms. The summed E-state index contributed by atoms with van der Waals surface area (Å²) < 4.78 is 5.54. The second kappa shape index (κ2) is 2.96. The van der Waals surface area contributed by atoms with Crippen LogP contribution in [0.15, 0.2) is 0 Å². The first-order valence-corrected chi connectivity index (χ1v) is 5.64. The summed E-state index contributed by atoms with van der Waals surface area (Å²) in [7, 11) is 1.85. The van der Waals surface area contributed by atoms with Crippen molar-refractivity contribution in [3.63, 3.8) is 0 Å². The highest BCUT2D eigenvalue weighted by Gasteiger charge is 2.43. The quantitative estimate of drug-likeness (QED) is 0.665. The van der Waals surface area contributed by atoms with E-state index in [0.717, 1.165) is 23.8 Å². The van der Waals surface area contributed by atoms with Gasteiger partial charge < -0.3 is 4.74 Å². The van der Waals surface area contributed by atoms with Gasteiger partial charge in [-0.1, -0.05) is 0 Å². The molecule has 0 aromatic rings. The van der Waals surface area contributed by atoms with E-state index >= 15 is 0 Å². The van der Waals surface area contributed by atoms with Gasteiger partial charge >= 0.3 is 0 Å². The summed E-state index contributed by atoms with van der Waals surface area (Å²) in [6, 6.07) is 0.765. The molecular weight excluding hydrogens is 162 g/mol. The Labute approximate surface area is 80.0 Å². The van der Waals surface area contributed by atoms with E-state index in [9.17, 15) is 0 Å². The minimum absolute atomic E-state index is 0.361. The predicted octanol–water partition coefficient (Wildman–Crippen LogP) is 1.76. The number of methoxy groups -OCH3 is 1. The van der Waals surface area contributed by atoms with Crippen molar-refractivity contribution in [3.8, 4) is 0 Å². The topological polar surface area (TPSA) is 21.3 Å². The molecule has 0 amide bonds. The van der Waals surface area contributed by atoms with Gasteiger partial charge in [0.25, 0.3) is 0 Å². The van der Waals surface area contributed by atoms with Crippen molar-refractivity contribution in [2.75, 3.05) is 7.11 Å². The summed E-state index contributed by atoms with van der Waals surface area (Å²) in [6.45, 7) is 0. The lowest BCUT2D eigenvalue weighted by Gasteiger charge is -2.37. The molecule has 3 unspecified atom stereocenters. The highest BCUT2D eigenvalue weighted by molar-refractivity contribution is 4.95. The smallest absolute Gasteiger partial charge is 0.110 e. The van der Waals surface area contributed by atoms with E-state index in [1.54, 1.807) is 0 Å². The van der Waals surface area contributed by atoms with Gasteiger partial charge in [-0.2, -0.15) is 0 Å². The first-order valence-electron chi connectivity index (χ1n) is 5.64. The summed E-state index contributed by atoms with van der Waals surface area (Å²) in [4.78, 5) is 0. The fourth-order valence-corrected chi connectivity index (χ4v) is 3.91. The van der Waals surface area contributed by atoms with Gasteiger partial charge in [0.05, 0.1) is 0 Å². The van der Waals surface area contributed by atoms with E-state index in [1.807, 2.05) is 7.11 Å². The van der Waals surface area contributed by atoms with E-state index in [1.165, 1.54) is 32.1 Å². The maximum atomic E-state index is 5.54. The van der Waals surface area contributed by atoms with Gasteiger partial charge in [-0.15, -0.1) is 0 Å². The fraction of sp³-hybridized carbons (Fsp3) is 1.00. The van der Waals surface area contributed by atoms with Gasteiger partial charge in [-0.25, -0.2) is 0 Å². The Morgan fingerprint density at radius 3 is 2.31 bits per heavy atom. The second-order valence-corrected chi connectivity index (χ2v) is 5.19. The molecule has 0 spiro atoms. The van der Waals surface area contributed by atoms with E-state index in [2.05, 4.69) is 5.32 Å². The molecule has 3 atom stereocenters. The largest absolute Gasteiger partial charge is 0.366 e. The summed E-state index contributed by atoms with van der Waals surface area (Å²) in [5, 5.41) is 3.67. The first kappa shape index (κ1) is 8.25.